The molecule has 0 N–H and O–H groups in total. The van der Waals surface area contributed by atoms with Gasteiger partial charge in [-0.1, -0.05) is 5.11 Å². The third kappa shape index (κ3) is 4.15. The van der Waals surface area contributed by atoms with E-state index in [0.29, 0.717) is 30.9 Å². The van der Waals surface area contributed by atoms with Gasteiger partial charge in [0.1, 0.15) is 12.0 Å². The topological polar surface area (TPSA) is 75.1 Å². The van der Waals surface area contributed by atoms with Crippen molar-refractivity contribution in [3.63, 3.8) is 0 Å². The van der Waals surface area contributed by atoms with Gasteiger partial charge in [-0.05, 0) is 36.2 Å². The molecule has 5 nitrogen and oxygen atoms in total. The summed E-state index contributed by atoms with van der Waals surface area (Å²) in [6.45, 7) is 0.933. The van der Waals surface area contributed by atoms with E-state index in [1.807, 2.05) is 0 Å². The molecule has 5 heteroatoms. The molecule has 1 aromatic rings. The van der Waals surface area contributed by atoms with E-state index in [-0.39, 0.29) is 0 Å². The molecule has 0 aliphatic heterocycles. The SMILES string of the molecule is [N-]=[N+]=NCCCOc1ccc(C=O)cc1. The fourth-order valence-corrected chi connectivity index (χ4v) is 1.01. The van der Waals surface area contributed by atoms with Gasteiger partial charge in [-0.25, -0.2) is 0 Å². The van der Waals surface area contributed by atoms with E-state index in [9.17, 15) is 4.79 Å². The fraction of sp³-hybridized carbons (Fsp3) is 0.300. The predicted molar refractivity (Wildman–Crippen MR) is 56.0 cm³/mol. The van der Waals surface area contributed by atoms with Gasteiger partial charge < -0.3 is 4.74 Å². The molecule has 1 rings (SSSR count). The highest BCUT2D eigenvalue weighted by molar-refractivity contribution is 5.74. The van der Waals surface area contributed by atoms with E-state index in [1.165, 1.54) is 0 Å². The number of hydrogen-bond donors (Lipinski definition) is 0. The summed E-state index contributed by atoms with van der Waals surface area (Å²) in [4.78, 5) is 13.0. The molecule has 0 heterocycles. The zero-order chi connectivity index (χ0) is 10.9. The van der Waals surface area contributed by atoms with Crippen molar-refractivity contribution in [2.24, 2.45) is 5.11 Å². The molecule has 15 heavy (non-hydrogen) atoms. The van der Waals surface area contributed by atoms with Crippen molar-refractivity contribution < 1.29 is 9.53 Å². The molecule has 1 aromatic carbocycles. The van der Waals surface area contributed by atoms with Crippen molar-refractivity contribution in [2.75, 3.05) is 13.2 Å². The molecule has 0 saturated carbocycles. The van der Waals surface area contributed by atoms with Crippen LogP contribution in [-0.4, -0.2) is 19.4 Å². The zero-order valence-corrected chi connectivity index (χ0v) is 8.17. The van der Waals surface area contributed by atoms with Gasteiger partial charge in [-0.3, -0.25) is 4.79 Å². The molecule has 0 aliphatic carbocycles. The summed E-state index contributed by atoms with van der Waals surface area (Å²) in [5.41, 5.74) is 8.65. The Labute approximate surface area is 87.3 Å². The van der Waals surface area contributed by atoms with E-state index >= 15 is 0 Å². The van der Waals surface area contributed by atoms with Gasteiger partial charge in [0.2, 0.25) is 0 Å². The van der Waals surface area contributed by atoms with Crippen LogP contribution < -0.4 is 4.74 Å². The minimum atomic E-state index is 0.433. The average Bonchev–Trinajstić information content (AvgIpc) is 2.30. The molecule has 0 amide bonds. The van der Waals surface area contributed by atoms with Crippen LogP contribution in [-0.2, 0) is 0 Å². The van der Waals surface area contributed by atoms with Gasteiger partial charge in [0.05, 0.1) is 6.61 Å². The summed E-state index contributed by atoms with van der Waals surface area (Å²) in [7, 11) is 0. The summed E-state index contributed by atoms with van der Waals surface area (Å²) < 4.78 is 5.35. The average molecular weight is 205 g/mol. The number of carbonyl (C=O) groups is 1. The molecular weight excluding hydrogens is 194 g/mol. The third-order valence-corrected chi connectivity index (χ3v) is 1.75. The predicted octanol–water partition coefficient (Wildman–Crippen LogP) is 2.58. The van der Waals surface area contributed by atoms with E-state index in [0.717, 1.165) is 6.29 Å². The Bertz CT molecular complexity index is 355. The Morgan fingerprint density at radius 1 is 1.40 bits per heavy atom. The van der Waals surface area contributed by atoms with Crippen LogP contribution in [0.4, 0.5) is 0 Å². The molecule has 0 unspecified atom stereocenters. The van der Waals surface area contributed by atoms with E-state index in [2.05, 4.69) is 10.0 Å². The first kappa shape index (κ1) is 11.1. The molecular formula is C10H11N3O2. The van der Waals surface area contributed by atoms with Crippen LogP contribution in [0.1, 0.15) is 16.8 Å². The zero-order valence-electron chi connectivity index (χ0n) is 8.17. The molecule has 0 saturated heterocycles. The van der Waals surface area contributed by atoms with Crippen LogP contribution in [0.2, 0.25) is 0 Å². The third-order valence-electron chi connectivity index (χ3n) is 1.75. The number of aldehydes is 1. The molecule has 0 radical (unpaired) electrons. The number of benzene rings is 1. The molecule has 0 bridgehead atoms. The standard InChI is InChI=1S/C10H11N3O2/c11-13-12-6-1-7-15-10-4-2-9(8-14)3-5-10/h2-5,8H,1,6-7H2. The number of hydrogen-bond acceptors (Lipinski definition) is 3. The van der Waals surface area contributed by atoms with Crippen LogP contribution in [0, 0.1) is 0 Å². The summed E-state index contributed by atoms with van der Waals surface area (Å²) in [5.74, 6) is 0.710. The second kappa shape index (κ2) is 6.45. The maximum atomic E-state index is 10.4. The molecule has 0 fully saturated rings. The molecule has 0 aliphatic rings. The second-order valence-corrected chi connectivity index (χ2v) is 2.84. The van der Waals surface area contributed by atoms with Crippen LogP contribution >= 0.6 is 0 Å². The lowest BCUT2D eigenvalue weighted by molar-refractivity contribution is 0.112. The largest absolute Gasteiger partial charge is 0.494 e. The number of ether oxygens (including phenoxy) is 1. The summed E-state index contributed by atoms with van der Waals surface area (Å²) in [6, 6.07) is 6.85. The quantitative estimate of drug-likeness (QED) is 0.235. The molecule has 0 atom stereocenters. The fourth-order valence-electron chi connectivity index (χ4n) is 1.01. The Kier molecular flexibility index (Phi) is 4.77. The highest BCUT2D eigenvalue weighted by Gasteiger charge is 1.93. The second-order valence-electron chi connectivity index (χ2n) is 2.84. The maximum absolute atomic E-state index is 10.4. The Balaban J connectivity index is 2.31. The van der Waals surface area contributed by atoms with Crippen LogP contribution in [0.25, 0.3) is 10.4 Å². The number of carbonyl (C=O) groups excluding carboxylic acids is 1. The van der Waals surface area contributed by atoms with Gasteiger partial charge in [-0.2, -0.15) is 0 Å². The normalized spacial score (nSPS) is 9.07. The Hall–Kier alpha value is -2.00. The van der Waals surface area contributed by atoms with Crippen molar-refractivity contribution in [2.45, 2.75) is 6.42 Å². The monoisotopic (exact) mass is 205 g/mol. The van der Waals surface area contributed by atoms with Gasteiger partial charge in [-0.15, -0.1) is 0 Å². The minimum Gasteiger partial charge on any atom is -0.494 e. The number of nitrogens with zero attached hydrogens (tertiary/aromatic N) is 3. The van der Waals surface area contributed by atoms with Crippen molar-refractivity contribution in [3.05, 3.63) is 40.3 Å². The highest BCUT2D eigenvalue weighted by atomic mass is 16.5. The van der Waals surface area contributed by atoms with Gasteiger partial charge in [0.25, 0.3) is 0 Å². The lowest BCUT2D eigenvalue weighted by atomic mass is 10.2. The van der Waals surface area contributed by atoms with Crippen molar-refractivity contribution in [1.29, 1.82) is 0 Å². The van der Waals surface area contributed by atoms with E-state index < -0.39 is 0 Å². The first-order chi connectivity index (χ1) is 7.36. The summed E-state index contributed by atoms with van der Waals surface area (Å²) >= 11 is 0. The van der Waals surface area contributed by atoms with Gasteiger partial charge in [0, 0.05) is 17.0 Å². The summed E-state index contributed by atoms with van der Waals surface area (Å²) in [5, 5.41) is 3.38. The Morgan fingerprint density at radius 3 is 2.73 bits per heavy atom. The smallest absolute Gasteiger partial charge is 0.150 e. The van der Waals surface area contributed by atoms with E-state index in [1.54, 1.807) is 24.3 Å². The van der Waals surface area contributed by atoms with Gasteiger partial charge >= 0.3 is 0 Å². The number of azide groups is 1. The lowest BCUT2D eigenvalue weighted by Gasteiger charge is -2.04. The highest BCUT2D eigenvalue weighted by Crippen LogP contribution is 2.11. The van der Waals surface area contributed by atoms with Crippen LogP contribution in [0.3, 0.4) is 0 Å². The molecule has 0 spiro atoms. The van der Waals surface area contributed by atoms with Gasteiger partial charge in [0.15, 0.2) is 0 Å². The van der Waals surface area contributed by atoms with E-state index in [4.69, 9.17) is 10.3 Å². The first-order valence-electron chi connectivity index (χ1n) is 4.55. The molecule has 0 aromatic heterocycles. The number of rotatable bonds is 6. The van der Waals surface area contributed by atoms with Crippen molar-refractivity contribution in [3.8, 4) is 5.75 Å². The van der Waals surface area contributed by atoms with Crippen molar-refractivity contribution >= 4 is 6.29 Å². The molecule has 78 valence electrons. The van der Waals surface area contributed by atoms with Crippen molar-refractivity contribution in [1.82, 2.24) is 0 Å². The minimum absolute atomic E-state index is 0.433. The lowest BCUT2D eigenvalue weighted by Crippen LogP contribution is -1.98. The summed E-state index contributed by atoms with van der Waals surface area (Å²) in [6.07, 6.45) is 1.46. The Morgan fingerprint density at radius 2 is 2.13 bits per heavy atom. The first-order valence-corrected chi connectivity index (χ1v) is 4.55. The maximum Gasteiger partial charge on any atom is 0.150 e. The van der Waals surface area contributed by atoms with Crippen LogP contribution in [0.15, 0.2) is 29.4 Å². The van der Waals surface area contributed by atoms with Crippen LogP contribution in [0.5, 0.6) is 5.75 Å².